The Bertz CT molecular complexity index is 848. The number of carbonyl (C=O) groups is 2. The molecule has 1 fully saturated rings. The third-order valence-corrected chi connectivity index (χ3v) is 4.90. The standard InChI is InChI=1S/C21H22N2O4/c24-20-2-1-11-23(20)13-16-3-6-17(7-4-16)21(25)22-10-9-15-5-8-18-19(12-15)27-14-26-18/h3-8,12H,1-2,9-11,13-14H2,(H,22,25). The van der Waals surface area contributed by atoms with Gasteiger partial charge in [-0.1, -0.05) is 18.2 Å². The Morgan fingerprint density at radius 3 is 2.59 bits per heavy atom. The molecule has 0 atom stereocenters. The van der Waals surface area contributed by atoms with Crippen LogP contribution in [0.1, 0.15) is 34.3 Å². The van der Waals surface area contributed by atoms with Crippen LogP contribution in [0.5, 0.6) is 11.5 Å². The highest BCUT2D eigenvalue weighted by atomic mass is 16.7. The molecule has 1 N–H and O–H groups in total. The maximum atomic E-state index is 12.3. The number of rotatable bonds is 6. The fourth-order valence-electron chi connectivity index (χ4n) is 3.37. The lowest BCUT2D eigenvalue weighted by Gasteiger charge is -2.15. The van der Waals surface area contributed by atoms with Crippen LogP contribution in [0.25, 0.3) is 0 Å². The molecule has 27 heavy (non-hydrogen) atoms. The molecule has 2 aromatic carbocycles. The van der Waals surface area contributed by atoms with E-state index >= 15 is 0 Å². The molecule has 2 heterocycles. The Kier molecular flexibility index (Phi) is 4.96. The van der Waals surface area contributed by atoms with Crippen LogP contribution in [-0.2, 0) is 17.8 Å². The molecular formula is C21H22N2O4. The first-order valence-corrected chi connectivity index (χ1v) is 9.22. The van der Waals surface area contributed by atoms with Gasteiger partial charge in [0.1, 0.15) is 0 Å². The Morgan fingerprint density at radius 1 is 1.04 bits per heavy atom. The third kappa shape index (κ3) is 4.05. The number of benzene rings is 2. The summed E-state index contributed by atoms with van der Waals surface area (Å²) in [7, 11) is 0. The quantitative estimate of drug-likeness (QED) is 0.853. The molecule has 6 heteroatoms. The van der Waals surface area contributed by atoms with Gasteiger partial charge in [0.25, 0.3) is 5.91 Å². The molecule has 6 nitrogen and oxygen atoms in total. The van der Waals surface area contributed by atoms with E-state index in [0.717, 1.165) is 42.0 Å². The first kappa shape index (κ1) is 17.4. The van der Waals surface area contributed by atoms with Gasteiger partial charge in [0.2, 0.25) is 12.7 Å². The van der Waals surface area contributed by atoms with Crippen LogP contribution >= 0.6 is 0 Å². The maximum Gasteiger partial charge on any atom is 0.251 e. The fourth-order valence-corrected chi connectivity index (χ4v) is 3.37. The van der Waals surface area contributed by atoms with Crippen molar-refractivity contribution in [3.63, 3.8) is 0 Å². The van der Waals surface area contributed by atoms with Gasteiger partial charge in [-0.05, 0) is 48.2 Å². The Labute approximate surface area is 158 Å². The van der Waals surface area contributed by atoms with E-state index in [1.54, 1.807) is 0 Å². The zero-order valence-corrected chi connectivity index (χ0v) is 15.1. The first-order chi connectivity index (χ1) is 13.2. The van der Waals surface area contributed by atoms with Gasteiger partial charge in [-0.3, -0.25) is 9.59 Å². The van der Waals surface area contributed by atoms with Gasteiger partial charge in [-0.25, -0.2) is 0 Å². The third-order valence-electron chi connectivity index (χ3n) is 4.90. The van der Waals surface area contributed by atoms with E-state index in [2.05, 4.69) is 5.32 Å². The zero-order chi connectivity index (χ0) is 18.6. The SMILES string of the molecule is O=C(NCCc1ccc2c(c1)OCO2)c1ccc(CN2CCCC2=O)cc1. The number of nitrogens with one attached hydrogen (secondary N) is 1. The van der Waals surface area contributed by atoms with Crippen molar-refractivity contribution in [2.75, 3.05) is 19.9 Å². The van der Waals surface area contributed by atoms with Gasteiger partial charge in [0.05, 0.1) is 0 Å². The van der Waals surface area contributed by atoms with Crippen molar-refractivity contribution in [1.82, 2.24) is 10.2 Å². The van der Waals surface area contributed by atoms with Gasteiger partial charge in [0, 0.05) is 31.6 Å². The number of carbonyl (C=O) groups excluding carboxylic acids is 2. The number of likely N-dealkylation sites (tertiary alicyclic amines) is 1. The zero-order valence-electron chi connectivity index (χ0n) is 15.1. The summed E-state index contributed by atoms with van der Waals surface area (Å²) in [6.07, 6.45) is 2.30. The molecule has 0 radical (unpaired) electrons. The van der Waals surface area contributed by atoms with E-state index < -0.39 is 0 Å². The van der Waals surface area contributed by atoms with Crippen molar-refractivity contribution in [1.29, 1.82) is 0 Å². The summed E-state index contributed by atoms with van der Waals surface area (Å²) in [6, 6.07) is 13.3. The van der Waals surface area contributed by atoms with E-state index in [0.29, 0.717) is 25.1 Å². The molecule has 2 aliphatic heterocycles. The molecule has 0 unspecified atom stereocenters. The van der Waals surface area contributed by atoms with Crippen molar-refractivity contribution >= 4 is 11.8 Å². The van der Waals surface area contributed by atoms with E-state index in [9.17, 15) is 9.59 Å². The number of nitrogens with zero attached hydrogens (tertiary/aromatic N) is 1. The molecule has 1 saturated heterocycles. The molecule has 2 amide bonds. The van der Waals surface area contributed by atoms with Crippen LogP contribution in [0.15, 0.2) is 42.5 Å². The minimum atomic E-state index is -0.0976. The topological polar surface area (TPSA) is 67.9 Å². The van der Waals surface area contributed by atoms with Gasteiger partial charge in [-0.2, -0.15) is 0 Å². The summed E-state index contributed by atoms with van der Waals surface area (Å²) < 4.78 is 10.7. The lowest BCUT2D eigenvalue weighted by Crippen LogP contribution is -2.26. The Balaban J connectivity index is 1.27. The highest BCUT2D eigenvalue weighted by Crippen LogP contribution is 2.32. The van der Waals surface area contributed by atoms with Crippen molar-refractivity contribution in [2.24, 2.45) is 0 Å². The van der Waals surface area contributed by atoms with E-state index in [1.165, 1.54) is 0 Å². The maximum absolute atomic E-state index is 12.3. The monoisotopic (exact) mass is 366 g/mol. The second-order valence-corrected chi connectivity index (χ2v) is 6.81. The molecule has 2 aromatic rings. The van der Waals surface area contributed by atoms with Gasteiger partial charge in [0.15, 0.2) is 11.5 Å². The average Bonchev–Trinajstić information content (AvgIpc) is 3.31. The van der Waals surface area contributed by atoms with Crippen LogP contribution in [0.3, 0.4) is 0 Å². The second kappa shape index (κ2) is 7.70. The van der Waals surface area contributed by atoms with Crippen LogP contribution in [0.4, 0.5) is 0 Å². The van der Waals surface area contributed by atoms with Gasteiger partial charge >= 0.3 is 0 Å². The number of hydrogen-bond acceptors (Lipinski definition) is 4. The van der Waals surface area contributed by atoms with Crippen molar-refractivity contribution in [2.45, 2.75) is 25.8 Å². The average molecular weight is 366 g/mol. The minimum Gasteiger partial charge on any atom is -0.454 e. The Morgan fingerprint density at radius 2 is 1.81 bits per heavy atom. The van der Waals surface area contributed by atoms with E-state index in [-0.39, 0.29) is 18.6 Å². The number of ether oxygens (including phenoxy) is 2. The summed E-state index contributed by atoms with van der Waals surface area (Å²) in [6.45, 7) is 2.24. The molecule has 0 spiro atoms. The Hall–Kier alpha value is -3.02. The van der Waals surface area contributed by atoms with Crippen LogP contribution < -0.4 is 14.8 Å². The second-order valence-electron chi connectivity index (χ2n) is 6.81. The van der Waals surface area contributed by atoms with Crippen molar-refractivity contribution in [3.8, 4) is 11.5 Å². The molecule has 140 valence electrons. The summed E-state index contributed by atoms with van der Waals surface area (Å²) >= 11 is 0. The lowest BCUT2D eigenvalue weighted by atomic mass is 10.1. The van der Waals surface area contributed by atoms with Crippen LogP contribution in [-0.4, -0.2) is 36.6 Å². The van der Waals surface area contributed by atoms with Gasteiger partial charge in [-0.15, -0.1) is 0 Å². The molecule has 0 aliphatic carbocycles. The molecule has 0 aromatic heterocycles. The summed E-state index contributed by atoms with van der Waals surface area (Å²) in [4.78, 5) is 25.9. The van der Waals surface area contributed by atoms with Crippen molar-refractivity contribution < 1.29 is 19.1 Å². The molecule has 0 bridgehead atoms. The predicted octanol–water partition coefficient (Wildman–Crippen LogP) is 2.51. The lowest BCUT2D eigenvalue weighted by molar-refractivity contribution is -0.128. The summed E-state index contributed by atoms with van der Waals surface area (Å²) in [5, 5.41) is 2.94. The molecule has 4 rings (SSSR count). The normalized spacial score (nSPS) is 15.3. The molecule has 2 aliphatic rings. The van der Waals surface area contributed by atoms with Crippen LogP contribution in [0, 0.1) is 0 Å². The number of amides is 2. The number of hydrogen-bond donors (Lipinski definition) is 1. The highest BCUT2D eigenvalue weighted by Gasteiger charge is 2.20. The predicted molar refractivity (Wildman–Crippen MR) is 99.7 cm³/mol. The fraction of sp³-hybridized carbons (Fsp3) is 0.333. The van der Waals surface area contributed by atoms with E-state index in [4.69, 9.17) is 9.47 Å². The first-order valence-electron chi connectivity index (χ1n) is 9.22. The number of fused-ring (bicyclic) bond motifs is 1. The summed E-state index contributed by atoms with van der Waals surface area (Å²) in [5.41, 5.74) is 2.75. The summed E-state index contributed by atoms with van der Waals surface area (Å²) in [5.74, 6) is 1.63. The highest BCUT2D eigenvalue weighted by molar-refractivity contribution is 5.94. The van der Waals surface area contributed by atoms with Crippen molar-refractivity contribution in [3.05, 3.63) is 59.2 Å². The smallest absolute Gasteiger partial charge is 0.251 e. The minimum absolute atomic E-state index is 0.0976. The molecule has 0 saturated carbocycles. The van der Waals surface area contributed by atoms with Gasteiger partial charge < -0.3 is 19.7 Å². The van der Waals surface area contributed by atoms with Crippen LogP contribution in [0.2, 0.25) is 0 Å². The molecular weight excluding hydrogens is 344 g/mol. The largest absolute Gasteiger partial charge is 0.454 e. The van der Waals surface area contributed by atoms with E-state index in [1.807, 2.05) is 47.4 Å².